The molecule has 0 unspecified atom stereocenters. The van der Waals surface area contributed by atoms with E-state index in [4.69, 9.17) is 9.47 Å². The number of fused-ring (bicyclic) bond motifs is 1. The summed E-state index contributed by atoms with van der Waals surface area (Å²) in [5.41, 5.74) is 1.54. The molecule has 1 aromatic carbocycles. The fourth-order valence-corrected chi connectivity index (χ4v) is 4.14. The fourth-order valence-electron chi connectivity index (χ4n) is 3.30. The van der Waals surface area contributed by atoms with E-state index in [9.17, 15) is 4.79 Å². The SMILES string of the molecule is O=C(Cc1csc(CN2CCCCC2)n1)Nc1ccc2c(c1)OCCO2. The maximum Gasteiger partial charge on any atom is 0.230 e. The van der Waals surface area contributed by atoms with Crippen molar-refractivity contribution in [2.75, 3.05) is 31.6 Å². The van der Waals surface area contributed by atoms with E-state index in [1.54, 1.807) is 17.4 Å². The molecule has 0 saturated carbocycles. The Hall–Kier alpha value is -2.12. The molecule has 0 spiro atoms. The number of hydrogen-bond acceptors (Lipinski definition) is 6. The first-order chi connectivity index (χ1) is 12.8. The summed E-state index contributed by atoms with van der Waals surface area (Å²) >= 11 is 1.64. The largest absolute Gasteiger partial charge is 0.486 e. The second kappa shape index (κ2) is 8.05. The minimum Gasteiger partial charge on any atom is -0.486 e. The molecule has 1 amide bonds. The lowest BCUT2D eigenvalue weighted by Gasteiger charge is -2.25. The van der Waals surface area contributed by atoms with Crippen molar-refractivity contribution in [3.63, 3.8) is 0 Å². The zero-order chi connectivity index (χ0) is 17.8. The minimum atomic E-state index is -0.0727. The van der Waals surface area contributed by atoms with Crippen molar-refractivity contribution < 1.29 is 14.3 Å². The van der Waals surface area contributed by atoms with Gasteiger partial charge in [0.2, 0.25) is 5.91 Å². The van der Waals surface area contributed by atoms with E-state index in [1.807, 2.05) is 17.5 Å². The van der Waals surface area contributed by atoms with Gasteiger partial charge in [-0.1, -0.05) is 6.42 Å². The van der Waals surface area contributed by atoms with Gasteiger partial charge in [0.15, 0.2) is 11.5 Å². The number of ether oxygens (including phenoxy) is 2. The van der Waals surface area contributed by atoms with Crippen molar-refractivity contribution in [1.82, 2.24) is 9.88 Å². The summed E-state index contributed by atoms with van der Waals surface area (Å²) < 4.78 is 11.0. The van der Waals surface area contributed by atoms with Gasteiger partial charge in [-0.2, -0.15) is 0 Å². The van der Waals surface area contributed by atoms with Gasteiger partial charge >= 0.3 is 0 Å². The van der Waals surface area contributed by atoms with Crippen LogP contribution in [0.5, 0.6) is 11.5 Å². The van der Waals surface area contributed by atoms with Gasteiger partial charge in [-0.05, 0) is 38.1 Å². The second-order valence-electron chi connectivity index (χ2n) is 6.65. The Balaban J connectivity index is 1.32. The van der Waals surface area contributed by atoms with Gasteiger partial charge in [0.25, 0.3) is 0 Å². The predicted molar refractivity (Wildman–Crippen MR) is 101 cm³/mol. The van der Waals surface area contributed by atoms with Gasteiger partial charge in [-0.25, -0.2) is 4.98 Å². The van der Waals surface area contributed by atoms with Gasteiger partial charge in [-0.15, -0.1) is 11.3 Å². The van der Waals surface area contributed by atoms with E-state index in [0.717, 1.165) is 36.1 Å². The highest BCUT2D eigenvalue weighted by atomic mass is 32.1. The first-order valence-corrected chi connectivity index (χ1v) is 9.99. The molecule has 1 aromatic heterocycles. The first-order valence-electron chi connectivity index (χ1n) is 9.11. The van der Waals surface area contributed by atoms with Crippen molar-refractivity contribution in [3.8, 4) is 11.5 Å². The third kappa shape index (κ3) is 4.34. The number of aromatic nitrogens is 1. The summed E-state index contributed by atoms with van der Waals surface area (Å²) in [6, 6.07) is 5.45. The molecule has 3 heterocycles. The zero-order valence-electron chi connectivity index (χ0n) is 14.7. The van der Waals surface area contributed by atoms with Crippen molar-refractivity contribution in [3.05, 3.63) is 34.3 Å². The van der Waals surface area contributed by atoms with E-state index >= 15 is 0 Å². The molecule has 2 aliphatic heterocycles. The lowest BCUT2D eigenvalue weighted by Crippen LogP contribution is -2.29. The van der Waals surface area contributed by atoms with Crippen LogP contribution in [-0.2, 0) is 17.8 Å². The molecular weight excluding hydrogens is 350 g/mol. The van der Waals surface area contributed by atoms with Crippen molar-refractivity contribution in [2.45, 2.75) is 32.2 Å². The zero-order valence-corrected chi connectivity index (χ0v) is 15.5. The monoisotopic (exact) mass is 373 g/mol. The number of thiazole rings is 1. The molecular formula is C19H23N3O3S. The number of anilines is 1. The van der Waals surface area contributed by atoms with Crippen molar-refractivity contribution in [2.24, 2.45) is 0 Å². The maximum atomic E-state index is 12.3. The lowest BCUT2D eigenvalue weighted by molar-refractivity contribution is -0.115. The van der Waals surface area contributed by atoms with Gasteiger partial charge < -0.3 is 14.8 Å². The predicted octanol–water partition coefficient (Wildman–Crippen LogP) is 3.08. The van der Waals surface area contributed by atoms with Crippen LogP contribution >= 0.6 is 11.3 Å². The summed E-state index contributed by atoms with van der Waals surface area (Å²) in [5.74, 6) is 1.32. The molecule has 1 fully saturated rings. The highest BCUT2D eigenvalue weighted by Crippen LogP contribution is 2.32. The second-order valence-corrected chi connectivity index (χ2v) is 7.60. The van der Waals surface area contributed by atoms with Gasteiger partial charge in [0.1, 0.15) is 18.2 Å². The van der Waals surface area contributed by atoms with Crippen LogP contribution in [-0.4, -0.2) is 42.1 Å². The third-order valence-corrected chi connectivity index (χ3v) is 5.46. The Labute approximate surface area is 157 Å². The molecule has 26 heavy (non-hydrogen) atoms. The van der Waals surface area contributed by atoms with E-state index in [0.29, 0.717) is 24.7 Å². The van der Waals surface area contributed by atoms with Gasteiger partial charge in [0.05, 0.1) is 18.7 Å². The quantitative estimate of drug-likeness (QED) is 0.873. The Kier molecular flexibility index (Phi) is 5.36. The van der Waals surface area contributed by atoms with E-state index in [2.05, 4.69) is 15.2 Å². The standard InChI is InChI=1S/C19H23N3O3S/c23-18(20-14-4-5-16-17(10-14)25-9-8-24-16)11-15-13-26-19(21-15)12-22-6-2-1-3-7-22/h4-5,10,13H,1-3,6-9,11-12H2,(H,20,23). The molecule has 2 aromatic rings. The number of rotatable bonds is 5. The van der Waals surface area contributed by atoms with Crippen molar-refractivity contribution >= 4 is 22.9 Å². The number of nitrogens with one attached hydrogen (secondary N) is 1. The Morgan fingerprint density at radius 2 is 1.96 bits per heavy atom. The smallest absolute Gasteiger partial charge is 0.230 e. The maximum absolute atomic E-state index is 12.3. The van der Waals surface area contributed by atoms with Crippen LogP contribution in [0.2, 0.25) is 0 Å². The van der Waals surface area contributed by atoms with Crippen molar-refractivity contribution in [1.29, 1.82) is 0 Å². The first kappa shape index (κ1) is 17.3. The molecule has 0 atom stereocenters. The molecule has 2 aliphatic rings. The molecule has 0 aliphatic carbocycles. The molecule has 1 N–H and O–H groups in total. The molecule has 1 saturated heterocycles. The number of likely N-dealkylation sites (tertiary alicyclic amines) is 1. The number of carbonyl (C=O) groups excluding carboxylic acids is 1. The molecule has 138 valence electrons. The van der Waals surface area contributed by atoms with Crippen LogP contribution in [0.3, 0.4) is 0 Å². The Bertz CT molecular complexity index is 771. The number of hydrogen-bond donors (Lipinski definition) is 1. The summed E-state index contributed by atoms with van der Waals surface area (Å²) in [5, 5.41) is 5.99. The van der Waals surface area contributed by atoms with Crippen LogP contribution in [0.15, 0.2) is 23.6 Å². The lowest BCUT2D eigenvalue weighted by atomic mass is 10.1. The van der Waals surface area contributed by atoms with Crippen LogP contribution in [0.1, 0.15) is 30.0 Å². The average Bonchev–Trinajstić information content (AvgIpc) is 3.09. The topological polar surface area (TPSA) is 63.7 Å². The minimum absolute atomic E-state index is 0.0727. The summed E-state index contributed by atoms with van der Waals surface area (Å²) in [4.78, 5) is 19.4. The normalized spacial score (nSPS) is 17.1. The fraction of sp³-hybridized carbons (Fsp3) is 0.474. The molecule has 0 radical (unpaired) electrons. The summed E-state index contributed by atoms with van der Waals surface area (Å²) in [6.07, 6.45) is 4.16. The number of carbonyl (C=O) groups is 1. The van der Waals surface area contributed by atoms with Crippen LogP contribution < -0.4 is 14.8 Å². The highest BCUT2D eigenvalue weighted by Gasteiger charge is 2.15. The average molecular weight is 373 g/mol. The molecule has 6 nitrogen and oxygen atoms in total. The Morgan fingerprint density at radius 1 is 1.15 bits per heavy atom. The molecule has 7 heteroatoms. The molecule has 0 bridgehead atoms. The van der Waals surface area contributed by atoms with Crippen LogP contribution in [0, 0.1) is 0 Å². The van der Waals surface area contributed by atoms with E-state index in [1.165, 1.54) is 19.3 Å². The van der Waals surface area contributed by atoms with Crippen LogP contribution in [0.4, 0.5) is 5.69 Å². The summed E-state index contributed by atoms with van der Waals surface area (Å²) in [6.45, 7) is 4.29. The Morgan fingerprint density at radius 3 is 2.81 bits per heavy atom. The highest BCUT2D eigenvalue weighted by molar-refractivity contribution is 7.09. The van der Waals surface area contributed by atoms with E-state index in [-0.39, 0.29) is 12.3 Å². The van der Waals surface area contributed by atoms with Gasteiger partial charge in [0, 0.05) is 17.1 Å². The number of amides is 1. The summed E-state index contributed by atoms with van der Waals surface area (Å²) in [7, 11) is 0. The number of benzene rings is 1. The number of piperidine rings is 1. The number of nitrogens with zero attached hydrogens (tertiary/aromatic N) is 2. The molecule has 4 rings (SSSR count). The van der Waals surface area contributed by atoms with E-state index < -0.39 is 0 Å². The third-order valence-electron chi connectivity index (χ3n) is 4.57. The van der Waals surface area contributed by atoms with Gasteiger partial charge in [-0.3, -0.25) is 9.69 Å². The van der Waals surface area contributed by atoms with Crippen LogP contribution in [0.25, 0.3) is 0 Å².